The van der Waals surface area contributed by atoms with Crippen LogP contribution in [0.5, 0.6) is 17.2 Å². The number of rotatable bonds is 17. The number of hydrogen-bond acceptors (Lipinski definition) is 8. The Morgan fingerprint density at radius 2 is 1.47 bits per heavy atom. The highest BCUT2D eigenvalue weighted by Crippen LogP contribution is 2.50. The maximum Gasteiger partial charge on any atom is 0.264 e. The Hall–Kier alpha value is -2.33. The van der Waals surface area contributed by atoms with Crippen LogP contribution in [0.25, 0.3) is 0 Å². The minimum absolute atomic E-state index is 0.192. The van der Waals surface area contributed by atoms with Gasteiger partial charge in [-0.3, -0.25) is 4.18 Å². The molecule has 0 aliphatic carbocycles. The predicted molar refractivity (Wildman–Crippen MR) is 147 cm³/mol. The van der Waals surface area contributed by atoms with Gasteiger partial charge in [0.1, 0.15) is 17.2 Å². The van der Waals surface area contributed by atoms with Gasteiger partial charge in [0, 0.05) is 31.6 Å². The molecule has 0 unspecified atom stereocenters. The average molecular weight is 551 g/mol. The molecule has 1 aliphatic rings. The van der Waals surface area contributed by atoms with Crippen LogP contribution in [0.15, 0.2) is 42.5 Å². The molecule has 1 aliphatic heterocycles. The molecule has 0 N–H and O–H groups in total. The van der Waals surface area contributed by atoms with Crippen LogP contribution in [-0.2, 0) is 29.2 Å². The van der Waals surface area contributed by atoms with Gasteiger partial charge in [0.15, 0.2) is 13.6 Å². The lowest BCUT2D eigenvalue weighted by molar-refractivity contribution is 0.0505. The van der Waals surface area contributed by atoms with Crippen molar-refractivity contribution >= 4 is 10.1 Å². The Labute approximate surface area is 227 Å². The van der Waals surface area contributed by atoms with Crippen LogP contribution < -0.4 is 14.2 Å². The summed E-state index contributed by atoms with van der Waals surface area (Å²) >= 11 is 0. The van der Waals surface area contributed by atoms with Crippen LogP contribution in [0.4, 0.5) is 0 Å². The summed E-state index contributed by atoms with van der Waals surface area (Å²) in [5.41, 5.74) is 2.20. The molecule has 0 fully saturated rings. The largest absolute Gasteiger partial charge is 0.492 e. The third-order valence-electron chi connectivity index (χ3n) is 7.04. The second-order valence-corrected chi connectivity index (χ2v) is 11.7. The molecule has 9 heteroatoms. The standard InChI is InChI=1S/C29H42O8S/c1-29(23-12-14-24(15-13-23)35-21-32-2)20-34-28-19-25(36-22-33-3)16-17-26(28)27(29)11-9-7-5-6-8-10-18-37-38(4,30)31/h12-17,19,27H,5-11,18,20-22H2,1-4H3/t27-,29-/m1/s1. The fourth-order valence-electron chi connectivity index (χ4n) is 5.00. The van der Waals surface area contributed by atoms with E-state index in [9.17, 15) is 8.42 Å². The van der Waals surface area contributed by atoms with E-state index in [1.807, 2.05) is 24.3 Å². The Morgan fingerprint density at radius 1 is 0.868 bits per heavy atom. The highest BCUT2D eigenvalue weighted by Gasteiger charge is 2.42. The second kappa shape index (κ2) is 14.7. The molecule has 0 aromatic heterocycles. The molecule has 38 heavy (non-hydrogen) atoms. The number of unbranched alkanes of at least 4 members (excludes halogenated alkanes) is 5. The summed E-state index contributed by atoms with van der Waals surface area (Å²) in [5.74, 6) is 2.64. The van der Waals surface area contributed by atoms with Crippen molar-refractivity contribution in [2.75, 3.05) is 47.3 Å². The van der Waals surface area contributed by atoms with Crippen LogP contribution in [0.1, 0.15) is 68.9 Å². The molecule has 212 valence electrons. The van der Waals surface area contributed by atoms with Gasteiger partial charge < -0.3 is 23.7 Å². The molecule has 0 saturated carbocycles. The van der Waals surface area contributed by atoms with E-state index in [0.717, 1.165) is 68.5 Å². The van der Waals surface area contributed by atoms with Crippen molar-refractivity contribution in [3.8, 4) is 17.2 Å². The van der Waals surface area contributed by atoms with Gasteiger partial charge in [-0.1, -0.05) is 57.2 Å². The van der Waals surface area contributed by atoms with Gasteiger partial charge in [-0.25, -0.2) is 0 Å². The van der Waals surface area contributed by atoms with Crippen molar-refractivity contribution in [1.82, 2.24) is 0 Å². The molecule has 3 rings (SSSR count). The van der Waals surface area contributed by atoms with Gasteiger partial charge in [0.25, 0.3) is 10.1 Å². The molecule has 2 aromatic carbocycles. The number of methoxy groups -OCH3 is 2. The molecule has 0 amide bonds. The fourth-order valence-corrected chi connectivity index (χ4v) is 5.42. The van der Waals surface area contributed by atoms with Gasteiger partial charge in [0.2, 0.25) is 0 Å². The monoisotopic (exact) mass is 550 g/mol. The maximum atomic E-state index is 11.1. The van der Waals surface area contributed by atoms with Gasteiger partial charge in [0.05, 0.1) is 19.5 Å². The van der Waals surface area contributed by atoms with E-state index in [-0.39, 0.29) is 31.5 Å². The third kappa shape index (κ3) is 8.86. The summed E-state index contributed by atoms with van der Waals surface area (Å²) in [4.78, 5) is 0. The van der Waals surface area contributed by atoms with E-state index >= 15 is 0 Å². The van der Waals surface area contributed by atoms with Crippen molar-refractivity contribution in [3.05, 3.63) is 53.6 Å². The Balaban J connectivity index is 1.66. The first kappa shape index (κ1) is 30.2. The first-order valence-corrected chi connectivity index (χ1v) is 15.0. The molecule has 8 nitrogen and oxygen atoms in total. The van der Waals surface area contributed by atoms with E-state index in [0.29, 0.717) is 6.61 Å². The van der Waals surface area contributed by atoms with Crippen LogP contribution in [0, 0.1) is 0 Å². The number of benzene rings is 2. The molecule has 0 saturated heterocycles. The molecule has 0 bridgehead atoms. The van der Waals surface area contributed by atoms with Gasteiger partial charge >= 0.3 is 0 Å². The summed E-state index contributed by atoms with van der Waals surface area (Å²) in [6, 6.07) is 14.3. The van der Waals surface area contributed by atoms with Crippen LogP contribution >= 0.6 is 0 Å². The summed E-state index contributed by atoms with van der Waals surface area (Å²) in [6.07, 6.45) is 8.24. The lowest BCUT2D eigenvalue weighted by atomic mass is 9.66. The van der Waals surface area contributed by atoms with E-state index in [1.54, 1.807) is 14.2 Å². The Kier molecular flexibility index (Phi) is 11.7. The maximum absolute atomic E-state index is 11.1. The SMILES string of the molecule is COCOc1ccc([C@@]2(C)COc3cc(OCOC)ccc3[C@H]2CCCCCCCCOS(C)(=O)=O)cc1. The van der Waals surface area contributed by atoms with Crippen LogP contribution in [0.2, 0.25) is 0 Å². The number of fused-ring (bicyclic) bond motifs is 1. The Bertz CT molecular complexity index is 1090. The lowest BCUT2D eigenvalue weighted by Gasteiger charge is -2.43. The predicted octanol–water partition coefficient (Wildman–Crippen LogP) is 5.79. The van der Waals surface area contributed by atoms with E-state index in [4.69, 9.17) is 27.9 Å². The zero-order valence-corrected chi connectivity index (χ0v) is 23.9. The highest BCUT2D eigenvalue weighted by atomic mass is 32.2. The molecule has 2 atom stereocenters. The quantitative estimate of drug-likeness (QED) is 0.139. The molecule has 0 radical (unpaired) electrons. The average Bonchev–Trinajstić information content (AvgIpc) is 2.90. The molecule has 1 heterocycles. The van der Waals surface area contributed by atoms with Crippen molar-refractivity contribution in [3.63, 3.8) is 0 Å². The first-order valence-electron chi connectivity index (χ1n) is 13.2. The van der Waals surface area contributed by atoms with Gasteiger partial charge in [-0.05, 0) is 42.2 Å². The molecular formula is C29H42O8S. The van der Waals surface area contributed by atoms with Crippen LogP contribution in [0.3, 0.4) is 0 Å². The lowest BCUT2D eigenvalue weighted by Crippen LogP contribution is -2.40. The van der Waals surface area contributed by atoms with Gasteiger partial charge in [-0.2, -0.15) is 8.42 Å². The fraction of sp³-hybridized carbons (Fsp3) is 0.586. The zero-order chi connectivity index (χ0) is 27.4. The number of ether oxygens (including phenoxy) is 5. The van der Waals surface area contributed by atoms with Crippen molar-refractivity contribution < 1.29 is 36.3 Å². The van der Waals surface area contributed by atoms with E-state index in [2.05, 4.69) is 25.1 Å². The summed E-state index contributed by atoms with van der Waals surface area (Å²) in [7, 11) is -0.138. The summed E-state index contributed by atoms with van der Waals surface area (Å²) < 4.78 is 54.6. The summed E-state index contributed by atoms with van der Waals surface area (Å²) in [6.45, 7) is 3.52. The molecular weight excluding hydrogens is 508 g/mol. The minimum atomic E-state index is -3.35. The van der Waals surface area contributed by atoms with Crippen LogP contribution in [-0.4, -0.2) is 55.7 Å². The minimum Gasteiger partial charge on any atom is -0.492 e. The Morgan fingerprint density at radius 3 is 2.13 bits per heavy atom. The topological polar surface area (TPSA) is 89.5 Å². The second-order valence-electron chi connectivity index (χ2n) is 10.0. The van der Waals surface area contributed by atoms with Crippen molar-refractivity contribution in [2.45, 2.75) is 63.2 Å². The zero-order valence-electron chi connectivity index (χ0n) is 23.1. The summed E-state index contributed by atoms with van der Waals surface area (Å²) in [5, 5.41) is 0. The van der Waals surface area contributed by atoms with Crippen molar-refractivity contribution in [1.29, 1.82) is 0 Å². The highest BCUT2D eigenvalue weighted by molar-refractivity contribution is 7.85. The number of hydrogen-bond donors (Lipinski definition) is 0. The molecule has 2 aromatic rings. The molecule has 0 spiro atoms. The third-order valence-corrected chi connectivity index (χ3v) is 7.64. The van der Waals surface area contributed by atoms with Gasteiger partial charge in [-0.15, -0.1) is 0 Å². The normalized spacial score (nSPS) is 19.0. The van der Waals surface area contributed by atoms with E-state index < -0.39 is 10.1 Å². The van der Waals surface area contributed by atoms with Crippen molar-refractivity contribution in [2.24, 2.45) is 0 Å². The smallest absolute Gasteiger partial charge is 0.264 e. The first-order chi connectivity index (χ1) is 18.3. The van der Waals surface area contributed by atoms with E-state index in [1.165, 1.54) is 11.1 Å².